The highest BCUT2D eigenvalue weighted by Gasteiger charge is 2.49. The van der Waals surface area contributed by atoms with Gasteiger partial charge in [0.15, 0.2) is 11.3 Å². The number of thiocarbonyl (C=S) groups is 1. The van der Waals surface area contributed by atoms with E-state index in [1.54, 1.807) is 24.8 Å². The monoisotopic (exact) mass is 576 g/mol. The second-order valence-electron chi connectivity index (χ2n) is 9.76. The van der Waals surface area contributed by atoms with Crippen molar-refractivity contribution < 1.29 is 32.6 Å². The lowest BCUT2D eigenvalue weighted by Crippen LogP contribution is -2.44. The largest absolute Gasteiger partial charge is 0.507 e. The summed E-state index contributed by atoms with van der Waals surface area (Å²) in [4.78, 5) is 28.9. The highest BCUT2D eigenvalue weighted by atomic mass is 35.5. The minimum atomic E-state index is -4.74. The molecule has 0 aliphatic carbocycles. The Balaban J connectivity index is 0.00000507. The molecule has 2 fully saturated rings. The summed E-state index contributed by atoms with van der Waals surface area (Å²) in [5.41, 5.74) is -2.64. The molecule has 0 aromatic heterocycles. The number of ether oxygens (including phenoxy) is 1. The van der Waals surface area contributed by atoms with Crippen LogP contribution in [0.2, 0.25) is 0 Å². The summed E-state index contributed by atoms with van der Waals surface area (Å²) < 4.78 is 45.3. The number of carbonyl (C=O) groups excluding carboxylic acids is 1. The lowest BCUT2D eigenvalue weighted by atomic mass is 10.0. The number of alkyl halides is 3. The molecule has 0 unspecified atom stereocenters. The van der Waals surface area contributed by atoms with Crippen LogP contribution in [0.4, 0.5) is 23.7 Å². The minimum Gasteiger partial charge on any atom is -0.450 e. The molecule has 13 heteroatoms. The molecule has 2 aliphatic rings. The zero-order valence-corrected chi connectivity index (χ0v) is 22.9. The van der Waals surface area contributed by atoms with Gasteiger partial charge in [-0.05, 0) is 69.9 Å². The predicted molar refractivity (Wildman–Crippen MR) is 141 cm³/mol. The first-order chi connectivity index (χ1) is 17.4. The van der Waals surface area contributed by atoms with Crippen molar-refractivity contribution in [1.82, 2.24) is 9.80 Å². The van der Waals surface area contributed by atoms with Crippen LogP contribution < -0.4 is 4.90 Å². The smallest absolute Gasteiger partial charge is 0.450 e. The van der Waals surface area contributed by atoms with Crippen LogP contribution in [0.1, 0.15) is 69.9 Å². The number of likely N-dealkylation sites (tertiary alicyclic amines) is 1. The van der Waals surface area contributed by atoms with Gasteiger partial charge >= 0.3 is 12.3 Å². The van der Waals surface area contributed by atoms with E-state index in [4.69, 9.17) is 27.3 Å². The quantitative estimate of drug-likeness (QED) is 0.213. The Hall–Kier alpha value is -2.62. The highest BCUT2D eigenvalue weighted by Crippen LogP contribution is 2.38. The van der Waals surface area contributed by atoms with Gasteiger partial charge in [0.1, 0.15) is 5.54 Å². The number of rotatable bonds is 10. The van der Waals surface area contributed by atoms with Gasteiger partial charge in [-0.1, -0.05) is 19.3 Å². The number of nitrogens with zero attached hydrogens (tertiary/aromatic N) is 4. The highest BCUT2D eigenvalue weighted by molar-refractivity contribution is 7.80. The predicted octanol–water partition coefficient (Wildman–Crippen LogP) is 5.78. The number of carbonyl (C=O) groups is 2. The Morgan fingerprint density at radius 1 is 1.21 bits per heavy atom. The standard InChI is InChI=1S/C25H31F3N4O4S.ClH/c1-24(2)21(33)32(18-11-10-17(16-29)19(15-18)25(26,27)28)22(37)31(24)14-7-5-3-4-6-12-30-13-8-9-20(30)36-23(34)35;/h10-11,15,20H,3-9,12-14H2,1-2H3,(H,34,35);1H/t20-;/m0./s1. The average molecular weight is 577 g/mol. The van der Waals surface area contributed by atoms with E-state index in [-0.39, 0.29) is 29.4 Å². The summed E-state index contributed by atoms with van der Waals surface area (Å²) in [6.07, 6.45) is -0.265. The second kappa shape index (κ2) is 13.0. The van der Waals surface area contributed by atoms with Gasteiger partial charge in [0.2, 0.25) is 0 Å². The summed E-state index contributed by atoms with van der Waals surface area (Å²) in [5.74, 6) is -0.418. The summed E-state index contributed by atoms with van der Waals surface area (Å²) in [6.45, 7) is 5.48. The Morgan fingerprint density at radius 3 is 2.45 bits per heavy atom. The van der Waals surface area contributed by atoms with E-state index in [2.05, 4.69) is 0 Å². The number of benzene rings is 1. The van der Waals surface area contributed by atoms with Crippen LogP contribution in [0, 0.1) is 11.3 Å². The van der Waals surface area contributed by atoms with E-state index in [0.29, 0.717) is 13.0 Å². The van der Waals surface area contributed by atoms with Gasteiger partial charge in [-0.25, -0.2) is 4.79 Å². The Morgan fingerprint density at radius 2 is 1.84 bits per heavy atom. The van der Waals surface area contributed by atoms with Gasteiger partial charge < -0.3 is 14.7 Å². The van der Waals surface area contributed by atoms with Gasteiger partial charge in [-0.15, -0.1) is 12.4 Å². The van der Waals surface area contributed by atoms with Crippen molar-refractivity contribution in [1.29, 1.82) is 5.26 Å². The molecule has 3 rings (SSSR count). The topological polar surface area (TPSA) is 97.1 Å². The molecule has 0 spiro atoms. The number of nitriles is 1. The van der Waals surface area contributed by atoms with Crippen molar-refractivity contribution in [3.05, 3.63) is 29.3 Å². The first-order valence-corrected chi connectivity index (χ1v) is 12.7. The molecule has 0 radical (unpaired) electrons. The summed E-state index contributed by atoms with van der Waals surface area (Å²) in [5, 5.41) is 18.0. The van der Waals surface area contributed by atoms with E-state index in [1.165, 1.54) is 6.07 Å². The van der Waals surface area contributed by atoms with Crippen molar-refractivity contribution >= 4 is 47.5 Å². The molecule has 2 heterocycles. The van der Waals surface area contributed by atoms with E-state index in [9.17, 15) is 22.8 Å². The van der Waals surface area contributed by atoms with Crippen LogP contribution in [0.5, 0.6) is 0 Å². The maximum absolute atomic E-state index is 13.4. The van der Waals surface area contributed by atoms with E-state index in [0.717, 1.165) is 68.6 Å². The molecule has 2 aliphatic heterocycles. The third kappa shape index (κ3) is 7.07. The van der Waals surface area contributed by atoms with Gasteiger partial charge in [-0.3, -0.25) is 14.6 Å². The molecule has 0 bridgehead atoms. The molecule has 1 aromatic rings. The Kier molecular flexibility index (Phi) is 10.8. The molecular formula is C25H32ClF3N4O4S. The van der Waals surface area contributed by atoms with Crippen molar-refractivity contribution in [2.45, 2.75) is 76.7 Å². The fraction of sp³-hybridized carbons (Fsp3) is 0.600. The molecule has 0 saturated carbocycles. The molecule has 8 nitrogen and oxygen atoms in total. The van der Waals surface area contributed by atoms with Crippen molar-refractivity contribution in [2.24, 2.45) is 0 Å². The van der Waals surface area contributed by atoms with Crippen LogP contribution >= 0.6 is 24.6 Å². The normalized spacial score (nSPS) is 19.4. The number of unbranched alkanes of at least 4 members (excludes halogenated alkanes) is 4. The number of amides is 1. The van der Waals surface area contributed by atoms with Crippen LogP contribution in [-0.2, 0) is 15.7 Å². The maximum atomic E-state index is 13.4. The Labute approximate surface area is 231 Å². The maximum Gasteiger partial charge on any atom is 0.507 e. The summed E-state index contributed by atoms with van der Waals surface area (Å²) in [7, 11) is 0. The van der Waals surface area contributed by atoms with Gasteiger partial charge in [0.25, 0.3) is 5.91 Å². The minimum absolute atomic E-state index is 0. The van der Waals surface area contributed by atoms with Crippen LogP contribution in [0.3, 0.4) is 0 Å². The molecule has 38 heavy (non-hydrogen) atoms. The molecule has 1 N–H and O–H groups in total. The molecule has 1 amide bonds. The SMILES string of the molecule is CC1(C)C(=O)N(c2ccc(C#N)c(C(F)(F)F)c2)C(=S)N1CCCCCCCN1CCC[C@@H]1OC(=O)O.Cl. The fourth-order valence-electron chi connectivity index (χ4n) is 4.86. The fourth-order valence-corrected chi connectivity index (χ4v) is 5.37. The molecule has 210 valence electrons. The lowest BCUT2D eigenvalue weighted by molar-refractivity contribution is -0.137. The third-order valence-electron chi connectivity index (χ3n) is 6.88. The summed E-state index contributed by atoms with van der Waals surface area (Å²) >= 11 is 5.52. The van der Waals surface area contributed by atoms with Crippen molar-refractivity contribution in [2.75, 3.05) is 24.5 Å². The number of hydrogen-bond donors (Lipinski definition) is 1. The number of carboxylic acid groups (broad SMARTS) is 1. The van der Waals surface area contributed by atoms with E-state index < -0.39 is 34.9 Å². The number of hydrogen-bond acceptors (Lipinski definition) is 6. The second-order valence-corrected chi connectivity index (χ2v) is 10.1. The molecule has 1 atom stereocenters. The zero-order chi connectivity index (χ0) is 27.4. The molecule has 1 aromatic carbocycles. The van der Waals surface area contributed by atoms with Gasteiger partial charge in [0, 0.05) is 19.6 Å². The van der Waals surface area contributed by atoms with E-state index >= 15 is 0 Å². The van der Waals surface area contributed by atoms with Crippen molar-refractivity contribution in [3.8, 4) is 6.07 Å². The molecule has 2 saturated heterocycles. The van der Waals surface area contributed by atoms with E-state index in [1.807, 2.05) is 4.90 Å². The lowest BCUT2D eigenvalue weighted by Gasteiger charge is -2.29. The van der Waals surface area contributed by atoms with Crippen molar-refractivity contribution in [3.63, 3.8) is 0 Å². The first-order valence-electron chi connectivity index (χ1n) is 12.3. The van der Waals surface area contributed by atoms with Gasteiger partial charge in [-0.2, -0.15) is 18.4 Å². The van der Waals surface area contributed by atoms with Crippen LogP contribution in [0.25, 0.3) is 0 Å². The zero-order valence-electron chi connectivity index (χ0n) is 21.3. The number of anilines is 1. The first kappa shape index (κ1) is 31.6. The molecular weight excluding hydrogens is 545 g/mol. The Bertz CT molecular complexity index is 1080. The average Bonchev–Trinajstić information content (AvgIpc) is 3.31. The van der Waals surface area contributed by atoms with Crippen LogP contribution in [-0.4, -0.2) is 63.5 Å². The van der Waals surface area contributed by atoms with Gasteiger partial charge in [0.05, 0.1) is 22.9 Å². The summed E-state index contributed by atoms with van der Waals surface area (Å²) in [6, 6.07) is 4.71. The van der Waals surface area contributed by atoms with Crippen LogP contribution in [0.15, 0.2) is 18.2 Å². The number of halogens is 4. The third-order valence-corrected chi connectivity index (χ3v) is 7.28.